The van der Waals surface area contributed by atoms with Gasteiger partial charge in [-0.3, -0.25) is 4.90 Å². The van der Waals surface area contributed by atoms with Crippen LogP contribution in [-0.2, 0) is 14.2 Å². The molecule has 1 fully saturated rings. The fraction of sp³-hybridized carbons (Fsp3) is 0.632. The van der Waals surface area contributed by atoms with Crippen LogP contribution in [0.2, 0.25) is 6.32 Å². The standard InChI is InChI=1S/C19H34BN5O6/c1-13-3-4-17(16(19(27)28)12-30-20(29)6-5-13)31-15-9-24(10-15)18(26)11-25(22)14(7-21)8-23-2/h3-4,7,13,15,18,23,26,29H,5-6,8-12,21-22H2,1-2H3,(H,27,28)/b4-3-,14-7-,17-16-. The van der Waals surface area contributed by atoms with Crippen molar-refractivity contribution in [1.82, 2.24) is 15.2 Å². The first kappa shape index (κ1) is 25.2. The van der Waals surface area contributed by atoms with Gasteiger partial charge in [-0.15, -0.1) is 0 Å². The summed E-state index contributed by atoms with van der Waals surface area (Å²) in [4.78, 5) is 13.5. The van der Waals surface area contributed by atoms with Gasteiger partial charge in [0.15, 0.2) is 0 Å². The van der Waals surface area contributed by atoms with Crippen LogP contribution in [0.3, 0.4) is 0 Å². The second kappa shape index (κ2) is 12.1. The van der Waals surface area contributed by atoms with Crippen molar-refractivity contribution >= 4 is 13.1 Å². The molecule has 31 heavy (non-hydrogen) atoms. The zero-order chi connectivity index (χ0) is 23.0. The Labute approximate surface area is 183 Å². The van der Waals surface area contributed by atoms with E-state index in [1.165, 1.54) is 11.2 Å². The molecule has 2 heterocycles. The highest BCUT2D eigenvalue weighted by atomic mass is 16.5. The van der Waals surface area contributed by atoms with Gasteiger partial charge in [0.25, 0.3) is 0 Å². The van der Waals surface area contributed by atoms with Gasteiger partial charge in [-0.2, -0.15) is 0 Å². The summed E-state index contributed by atoms with van der Waals surface area (Å²) in [7, 11) is 0.749. The molecule has 8 N–H and O–H groups in total. The number of hydrazine groups is 1. The van der Waals surface area contributed by atoms with E-state index in [2.05, 4.69) is 5.32 Å². The van der Waals surface area contributed by atoms with Crippen molar-refractivity contribution in [2.45, 2.75) is 32.0 Å². The van der Waals surface area contributed by atoms with Gasteiger partial charge in [0.1, 0.15) is 23.7 Å². The van der Waals surface area contributed by atoms with E-state index < -0.39 is 19.3 Å². The average molecular weight is 439 g/mol. The van der Waals surface area contributed by atoms with Crippen molar-refractivity contribution in [2.75, 3.05) is 39.8 Å². The minimum absolute atomic E-state index is 0.0543. The van der Waals surface area contributed by atoms with Crippen LogP contribution in [0.5, 0.6) is 0 Å². The molecule has 1 saturated heterocycles. The Bertz CT molecular complexity index is 697. The van der Waals surface area contributed by atoms with Gasteiger partial charge < -0.3 is 40.7 Å². The van der Waals surface area contributed by atoms with Crippen LogP contribution in [0.1, 0.15) is 13.3 Å². The summed E-state index contributed by atoms with van der Waals surface area (Å²) in [6.07, 6.45) is 4.93. The van der Waals surface area contributed by atoms with E-state index in [-0.39, 0.29) is 36.5 Å². The number of aliphatic hydroxyl groups excluding tert-OH is 1. The smallest absolute Gasteiger partial charge is 0.454 e. The highest BCUT2D eigenvalue weighted by Gasteiger charge is 2.35. The summed E-state index contributed by atoms with van der Waals surface area (Å²) in [5.41, 5.74) is 6.15. The molecule has 0 aromatic carbocycles. The number of carboxylic acids is 1. The highest BCUT2D eigenvalue weighted by molar-refractivity contribution is 6.42. The molecule has 0 radical (unpaired) electrons. The molecule has 0 saturated carbocycles. The number of nitrogens with zero attached hydrogens (tertiary/aromatic N) is 2. The van der Waals surface area contributed by atoms with Crippen LogP contribution in [0.25, 0.3) is 0 Å². The Morgan fingerprint density at radius 3 is 2.87 bits per heavy atom. The number of aliphatic hydroxyl groups is 1. The molecule has 12 heteroatoms. The van der Waals surface area contributed by atoms with E-state index in [1.54, 1.807) is 18.0 Å². The molecular weight excluding hydrogens is 405 g/mol. The van der Waals surface area contributed by atoms with Crippen LogP contribution in [-0.4, -0.2) is 90.4 Å². The summed E-state index contributed by atoms with van der Waals surface area (Å²) < 4.78 is 11.2. The topological polar surface area (TPSA) is 167 Å². The number of aliphatic carboxylic acids is 1. The van der Waals surface area contributed by atoms with E-state index in [0.29, 0.717) is 38.1 Å². The molecule has 0 amide bonds. The molecular formula is C19H34BN5O6. The third-order valence-electron chi connectivity index (χ3n) is 5.29. The van der Waals surface area contributed by atoms with Crippen LogP contribution in [0.4, 0.5) is 0 Å². The predicted octanol–water partition coefficient (Wildman–Crippen LogP) is -1.37. The molecule has 0 aliphatic carbocycles. The lowest BCUT2D eigenvalue weighted by Gasteiger charge is -2.43. The summed E-state index contributed by atoms with van der Waals surface area (Å²) in [5, 5.41) is 34.2. The number of carbonyl (C=O) groups is 1. The lowest BCUT2D eigenvalue weighted by Crippen LogP contribution is -2.59. The van der Waals surface area contributed by atoms with E-state index in [0.717, 1.165) is 0 Å². The Hall–Kier alpha value is -2.09. The molecule has 0 spiro atoms. The van der Waals surface area contributed by atoms with E-state index in [4.69, 9.17) is 21.0 Å². The van der Waals surface area contributed by atoms with E-state index >= 15 is 0 Å². The quantitative estimate of drug-likeness (QED) is 0.143. The maximum absolute atomic E-state index is 11.7. The molecule has 2 rings (SSSR count). The minimum Gasteiger partial charge on any atom is -0.487 e. The molecule has 174 valence electrons. The molecule has 2 aliphatic heterocycles. The summed E-state index contributed by atoms with van der Waals surface area (Å²) in [6.45, 7) is 3.16. The number of ether oxygens (including phenoxy) is 1. The molecule has 0 aromatic rings. The molecule has 0 aromatic heterocycles. The van der Waals surface area contributed by atoms with Gasteiger partial charge in [0.2, 0.25) is 0 Å². The first-order valence-corrected chi connectivity index (χ1v) is 10.4. The number of likely N-dealkylation sites (tertiary alicyclic amines) is 1. The third-order valence-corrected chi connectivity index (χ3v) is 5.29. The lowest BCUT2D eigenvalue weighted by molar-refractivity contribution is -0.134. The highest BCUT2D eigenvalue weighted by Crippen LogP contribution is 2.23. The van der Waals surface area contributed by atoms with Crippen molar-refractivity contribution in [3.63, 3.8) is 0 Å². The van der Waals surface area contributed by atoms with Gasteiger partial charge >= 0.3 is 13.1 Å². The van der Waals surface area contributed by atoms with Crippen molar-refractivity contribution in [3.05, 3.63) is 35.4 Å². The second-order valence-corrected chi connectivity index (χ2v) is 7.84. The maximum atomic E-state index is 11.7. The van der Waals surface area contributed by atoms with Crippen LogP contribution >= 0.6 is 0 Å². The van der Waals surface area contributed by atoms with Gasteiger partial charge in [0.05, 0.1) is 18.8 Å². The fourth-order valence-corrected chi connectivity index (χ4v) is 3.28. The Morgan fingerprint density at radius 1 is 1.55 bits per heavy atom. The number of hydrogen-bond acceptors (Lipinski definition) is 10. The van der Waals surface area contributed by atoms with Crippen LogP contribution in [0, 0.1) is 5.92 Å². The molecule has 2 aliphatic rings. The Morgan fingerprint density at radius 2 is 2.26 bits per heavy atom. The van der Waals surface area contributed by atoms with Gasteiger partial charge in [0, 0.05) is 25.8 Å². The van der Waals surface area contributed by atoms with E-state index in [1.807, 2.05) is 13.0 Å². The normalized spacial score (nSPS) is 26.2. The summed E-state index contributed by atoms with van der Waals surface area (Å²) >= 11 is 0. The van der Waals surface area contributed by atoms with Crippen LogP contribution in [0.15, 0.2) is 35.4 Å². The third kappa shape index (κ3) is 7.52. The first-order chi connectivity index (χ1) is 14.7. The van der Waals surface area contributed by atoms with Crippen molar-refractivity contribution in [1.29, 1.82) is 0 Å². The van der Waals surface area contributed by atoms with Gasteiger partial charge in [-0.05, 0) is 31.8 Å². The largest absolute Gasteiger partial charge is 0.487 e. The molecule has 0 bridgehead atoms. The number of allylic oxidation sites excluding steroid dienone is 2. The zero-order valence-electron chi connectivity index (χ0n) is 18.1. The minimum atomic E-state index is -1.17. The number of rotatable bonds is 9. The first-order valence-electron chi connectivity index (χ1n) is 10.4. The molecule has 11 nitrogen and oxygen atoms in total. The number of hydrogen-bond donors (Lipinski definition) is 6. The average Bonchev–Trinajstić information content (AvgIpc) is 2.69. The summed E-state index contributed by atoms with van der Waals surface area (Å²) in [5.74, 6) is 5.13. The van der Waals surface area contributed by atoms with Gasteiger partial charge in [-0.25, -0.2) is 10.6 Å². The Kier molecular flexibility index (Phi) is 9.81. The van der Waals surface area contributed by atoms with Crippen molar-refractivity contribution < 1.29 is 29.4 Å². The fourth-order valence-electron chi connectivity index (χ4n) is 3.28. The maximum Gasteiger partial charge on any atom is 0.454 e. The SMILES string of the molecule is CNC/C(=C/N)N(N)CC(O)N1CC(OC2=C(\C(=O)O)COB(O)CCC(C)/C=C\2)C1. The van der Waals surface area contributed by atoms with Crippen molar-refractivity contribution in [2.24, 2.45) is 17.5 Å². The van der Waals surface area contributed by atoms with Crippen molar-refractivity contribution in [3.8, 4) is 0 Å². The number of likely N-dealkylation sites (N-methyl/N-ethyl adjacent to an activating group) is 1. The van der Waals surface area contributed by atoms with Crippen LogP contribution < -0.4 is 16.9 Å². The van der Waals surface area contributed by atoms with Gasteiger partial charge in [-0.1, -0.05) is 13.0 Å². The molecule has 2 unspecified atom stereocenters. The lowest BCUT2D eigenvalue weighted by atomic mass is 9.80. The number of nitrogens with one attached hydrogen (secondary N) is 1. The number of nitrogens with two attached hydrogens (primary N) is 2. The Balaban J connectivity index is 1.98. The predicted molar refractivity (Wildman–Crippen MR) is 116 cm³/mol. The second-order valence-electron chi connectivity index (χ2n) is 7.84. The monoisotopic (exact) mass is 439 g/mol. The zero-order valence-corrected chi connectivity index (χ0v) is 18.1. The molecule has 2 atom stereocenters. The summed E-state index contributed by atoms with van der Waals surface area (Å²) in [6, 6.07) is 0. The van der Waals surface area contributed by atoms with E-state index in [9.17, 15) is 20.0 Å². The number of carboxylic acid groups (broad SMARTS) is 1.